The predicted molar refractivity (Wildman–Crippen MR) is 71.9 cm³/mol. The highest BCUT2D eigenvalue weighted by Gasteiger charge is 2.30. The third-order valence-electron chi connectivity index (χ3n) is 3.48. The second kappa shape index (κ2) is 5.36. The second-order valence-electron chi connectivity index (χ2n) is 5.01. The third-order valence-corrected chi connectivity index (χ3v) is 4.81. The van der Waals surface area contributed by atoms with E-state index in [9.17, 15) is 8.42 Å². The van der Waals surface area contributed by atoms with Crippen LogP contribution >= 0.6 is 0 Å². The summed E-state index contributed by atoms with van der Waals surface area (Å²) in [6, 6.07) is 4.25. The van der Waals surface area contributed by atoms with Gasteiger partial charge in [-0.05, 0) is 50.3 Å². The number of pyridine rings is 1. The summed E-state index contributed by atoms with van der Waals surface area (Å²) in [6.45, 7) is 2.65. The largest absolute Gasteiger partial charge is 0.262 e. The molecule has 100 valence electrons. The Morgan fingerprint density at radius 3 is 2.94 bits per heavy atom. The Kier molecular flexibility index (Phi) is 4.02. The van der Waals surface area contributed by atoms with E-state index in [2.05, 4.69) is 11.1 Å². The molecule has 2 heterocycles. The van der Waals surface area contributed by atoms with Gasteiger partial charge in [0.1, 0.15) is 0 Å². The van der Waals surface area contributed by atoms with Crippen molar-refractivity contribution < 1.29 is 8.42 Å². The topological polar surface area (TPSA) is 50.3 Å². The molecule has 0 amide bonds. The molecule has 1 fully saturated rings. The van der Waals surface area contributed by atoms with Crippen LogP contribution in [0, 0.1) is 6.92 Å². The van der Waals surface area contributed by atoms with Gasteiger partial charge in [-0.3, -0.25) is 4.98 Å². The van der Waals surface area contributed by atoms with Gasteiger partial charge in [0.15, 0.2) is 0 Å². The van der Waals surface area contributed by atoms with Gasteiger partial charge in [-0.2, -0.15) is 4.31 Å². The molecule has 2 rings (SSSR count). The van der Waals surface area contributed by atoms with E-state index in [1.54, 1.807) is 4.31 Å². The van der Waals surface area contributed by atoms with Crippen molar-refractivity contribution in [2.75, 3.05) is 12.8 Å². The fourth-order valence-electron chi connectivity index (χ4n) is 2.63. The van der Waals surface area contributed by atoms with Crippen molar-refractivity contribution in [3.63, 3.8) is 0 Å². The van der Waals surface area contributed by atoms with Crippen molar-refractivity contribution in [1.29, 1.82) is 0 Å². The van der Waals surface area contributed by atoms with Crippen LogP contribution in [0.15, 0.2) is 18.3 Å². The Balaban J connectivity index is 1.98. The van der Waals surface area contributed by atoms with Crippen molar-refractivity contribution >= 4 is 10.0 Å². The first kappa shape index (κ1) is 13.5. The summed E-state index contributed by atoms with van der Waals surface area (Å²) >= 11 is 0. The van der Waals surface area contributed by atoms with Crippen LogP contribution in [0.3, 0.4) is 0 Å². The number of hydrogen-bond acceptors (Lipinski definition) is 3. The lowest BCUT2D eigenvalue weighted by atomic mass is 10.0. The fourth-order valence-corrected chi connectivity index (χ4v) is 3.84. The normalized spacial score (nSPS) is 21.3. The van der Waals surface area contributed by atoms with E-state index in [1.807, 2.05) is 19.2 Å². The van der Waals surface area contributed by atoms with E-state index in [0.717, 1.165) is 31.4 Å². The molecule has 0 spiro atoms. The summed E-state index contributed by atoms with van der Waals surface area (Å²) in [7, 11) is -3.04. The van der Waals surface area contributed by atoms with Gasteiger partial charge in [0.25, 0.3) is 0 Å². The Bertz CT molecular complexity index is 513. The zero-order valence-corrected chi connectivity index (χ0v) is 11.8. The molecule has 1 aromatic rings. The van der Waals surface area contributed by atoms with Gasteiger partial charge in [0.2, 0.25) is 10.0 Å². The number of rotatable bonds is 4. The predicted octanol–water partition coefficient (Wildman–Crippen LogP) is 1.75. The first-order valence-electron chi connectivity index (χ1n) is 6.35. The number of sulfonamides is 1. The molecule has 0 aliphatic carbocycles. The molecule has 1 aromatic heterocycles. The zero-order chi connectivity index (χ0) is 13.2. The van der Waals surface area contributed by atoms with E-state index in [1.165, 1.54) is 11.8 Å². The number of nitrogens with zero attached hydrogens (tertiary/aromatic N) is 2. The molecule has 0 N–H and O–H groups in total. The molecular weight excluding hydrogens is 248 g/mol. The first-order valence-corrected chi connectivity index (χ1v) is 8.20. The number of hydrogen-bond donors (Lipinski definition) is 0. The Morgan fingerprint density at radius 2 is 2.28 bits per heavy atom. The van der Waals surface area contributed by atoms with Crippen LogP contribution in [-0.4, -0.2) is 36.5 Å². The average Bonchev–Trinajstić information content (AvgIpc) is 2.74. The van der Waals surface area contributed by atoms with Crippen molar-refractivity contribution in [3.8, 4) is 0 Å². The van der Waals surface area contributed by atoms with Crippen LogP contribution in [0.5, 0.6) is 0 Å². The van der Waals surface area contributed by atoms with Crippen LogP contribution < -0.4 is 0 Å². The average molecular weight is 268 g/mol. The molecule has 5 heteroatoms. The van der Waals surface area contributed by atoms with E-state index < -0.39 is 10.0 Å². The van der Waals surface area contributed by atoms with E-state index in [-0.39, 0.29) is 6.04 Å². The quantitative estimate of drug-likeness (QED) is 0.836. The monoisotopic (exact) mass is 268 g/mol. The summed E-state index contributed by atoms with van der Waals surface area (Å²) in [4.78, 5) is 4.17. The van der Waals surface area contributed by atoms with Gasteiger partial charge >= 0.3 is 0 Å². The van der Waals surface area contributed by atoms with Crippen molar-refractivity contribution in [1.82, 2.24) is 9.29 Å². The molecule has 1 unspecified atom stereocenters. The zero-order valence-electron chi connectivity index (χ0n) is 11.0. The van der Waals surface area contributed by atoms with E-state index in [0.29, 0.717) is 6.54 Å². The molecule has 0 bridgehead atoms. The highest BCUT2D eigenvalue weighted by Crippen LogP contribution is 2.24. The van der Waals surface area contributed by atoms with Crippen molar-refractivity contribution in [2.24, 2.45) is 0 Å². The fraction of sp³-hybridized carbons (Fsp3) is 0.615. The molecule has 0 radical (unpaired) electrons. The lowest BCUT2D eigenvalue weighted by Crippen LogP contribution is -2.34. The molecule has 1 atom stereocenters. The molecule has 0 aromatic carbocycles. The SMILES string of the molecule is Cc1cc(CCC2CCCN2S(C)(=O)=O)ccn1. The van der Waals surface area contributed by atoms with Crippen LogP contribution in [0.25, 0.3) is 0 Å². The van der Waals surface area contributed by atoms with Gasteiger partial charge in [0.05, 0.1) is 6.26 Å². The lowest BCUT2D eigenvalue weighted by molar-refractivity contribution is 0.373. The molecule has 18 heavy (non-hydrogen) atoms. The first-order chi connectivity index (χ1) is 8.47. The minimum absolute atomic E-state index is 0.175. The molecule has 1 aliphatic heterocycles. The summed E-state index contributed by atoms with van der Waals surface area (Å²) < 4.78 is 24.9. The van der Waals surface area contributed by atoms with Gasteiger partial charge in [0, 0.05) is 24.5 Å². The summed E-state index contributed by atoms with van der Waals surface area (Å²) in [5.41, 5.74) is 2.25. The van der Waals surface area contributed by atoms with Crippen molar-refractivity contribution in [2.45, 2.75) is 38.6 Å². The summed E-state index contributed by atoms with van der Waals surface area (Å²) in [5.74, 6) is 0. The van der Waals surface area contributed by atoms with Gasteiger partial charge in [-0.25, -0.2) is 8.42 Å². The van der Waals surface area contributed by atoms with Crippen LogP contribution in [-0.2, 0) is 16.4 Å². The van der Waals surface area contributed by atoms with Gasteiger partial charge in [-0.1, -0.05) is 0 Å². The Morgan fingerprint density at radius 1 is 1.50 bits per heavy atom. The van der Waals surface area contributed by atoms with E-state index >= 15 is 0 Å². The minimum atomic E-state index is -3.04. The molecule has 1 saturated heterocycles. The minimum Gasteiger partial charge on any atom is -0.262 e. The van der Waals surface area contributed by atoms with Crippen LogP contribution in [0.1, 0.15) is 30.5 Å². The molecule has 0 saturated carbocycles. The second-order valence-corrected chi connectivity index (χ2v) is 6.95. The Labute approximate surface area is 109 Å². The molecule has 1 aliphatic rings. The highest BCUT2D eigenvalue weighted by atomic mass is 32.2. The standard InChI is InChI=1S/C13H20N2O2S/c1-11-10-12(7-8-14-11)5-6-13-4-3-9-15(13)18(2,16)17/h7-8,10,13H,3-6,9H2,1-2H3. The lowest BCUT2D eigenvalue weighted by Gasteiger charge is -2.22. The van der Waals surface area contributed by atoms with Crippen LogP contribution in [0.2, 0.25) is 0 Å². The summed E-state index contributed by atoms with van der Waals surface area (Å²) in [5, 5.41) is 0. The van der Waals surface area contributed by atoms with Gasteiger partial charge in [-0.15, -0.1) is 0 Å². The molecule has 4 nitrogen and oxygen atoms in total. The van der Waals surface area contributed by atoms with Crippen molar-refractivity contribution in [3.05, 3.63) is 29.6 Å². The Hall–Kier alpha value is -0.940. The maximum absolute atomic E-state index is 11.6. The summed E-state index contributed by atoms with van der Waals surface area (Å²) in [6.07, 6.45) is 6.90. The van der Waals surface area contributed by atoms with Gasteiger partial charge < -0.3 is 0 Å². The number of aryl methyl sites for hydroxylation is 2. The number of aromatic nitrogens is 1. The maximum Gasteiger partial charge on any atom is 0.211 e. The van der Waals surface area contributed by atoms with E-state index in [4.69, 9.17) is 0 Å². The molecular formula is C13H20N2O2S. The van der Waals surface area contributed by atoms with Crippen LogP contribution in [0.4, 0.5) is 0 Å². The maximum atomic E-state index is 11.6. The third kappa shape index (κ3) is 3.29. The smallest absolute Gasteiger partial charge is 0.211 e. The highest BCUT2D eigenvalue weighted by molar-refractivity contribution is 7.88.